The summed E-state index contributed by atoms with van der Waals surface area (Å²) in [6.07, 6.45) is -0.376. The van der Waals surface area contributed by atoms with E-state index in [-0.39, 0.29) is 23.5 Å². The summed E-state index contributed by atoms with van der Waals surface area (Å²) in [7, 11) is -3.92. The van der Waals surface area contributed by atoms with Crippen molar-refractivity contribution in [2.45, 2.75) is 11.3 Å². The zero-order valence-electron chi connectivity index (χ0n) is 10.8. The molecule has 3 N–H and O–H groups in total. The van der Waals surface area contributed by atoms with E-state index in [2.05, 4.69) is 4.72 Å². The molecule has 0 radical (unpaired) electrons. The van der Waals surface area contributed by atoms with Gasteiger partial charge in [-0.05, 0) is 12.1 Å². The van der Waals surface area contributed by atoms with Crippen molar-refractivity contribution in [2.24, 2.45) is 5.92 Å². The van der Waals surface area contributed by atoms with E-state index >= 15 is 0 Å². The maximum Gasteiger partial charge on any atom is 0.303 e. The van der Waals surface area contributed by atoms with E-state index in [1.54, 1.807) is 0 Å². The molecule has 21 heavy (non-hydrogen) atoms. The minimum atomic E-state index is -3.92. The average Bonchev–Trinajstić information content (AvgIpc) is 2.43. The predicted molar refractivity (Wildman–Crippen MR) is 71.1 cm³/mol. The van der Waals surface area contributed by atoms with Crippen LogP contribution in [0.1, 0.15) is 6.42 Å². The van der Waals surface area contributed by atoms with Gasteiger partial charge in [0.05, 0.1) is 16.2 Å². The van der Waals surface area contributed by atoms with Crippen LogP contribution in [0.4, 0.5) is 5.69 Å². The lowest BCUT2D eigenvalue weighted by atomic mass is 10.1. The molecule has 0 bridgehead atoms. The number of carboxylic acids is 1. The zero-order valence-corrected chi connectivity index (χ0v) is 11.6. The normalized spacial score (nSPS) is 12.8. The molecule has 1 aromatic carbocycles. The van der Waals surface area contributed by atoms with E-state index < -0.39 is 33.4 Å². The maximum atomic E-state index is 11.9. The number of aliphatic hydroxyl groups is 1. The van der Waals surface area contributed by atoms with E-state index in [0.29, 0.717) is 0 Å². The number of benzene rings is 1. The van der Waals surface area contributed by atoms with Crippen LogP contribution in [-0.4, -0.2) is 42.7 Å². The van der Waals surface area contributed by atoms with E-state index in [0.717, 1.165) is 24.3 Å². The topological polar surface area (TPSA) is 147 Å². The number of non-ortho nitro benzene ring substituents is 1. The standard InChI is InChI=1S/C11H14N2O7S/c14-7-8(5-11(15)16)6-12-21(19,20)10-3-1-9(2-4-10)13(17)18/h1-4,8,12,14H,5-7H2,(H,15,16). The third kappa shape index (κ3) is 5.10. The number of nitro benzene ring substituents is 1. The smallest absolute Gasteiger partial charge is 0.303 e. The Morgan fingerprint density at radius 2 is 1.90 bits per heavy atom. The Morgan fingerprint density at radius 1 is 1.33 bits per heavy atom. The van der Waals surface area contributed by atoms with Gasteiger partial charge in [0.25, 0.3) is 5.69 Å². The fourth-order valence-corrected chi connectivity index (χ4v) is 2.62. The second kappa shape index (κ2) is 7.11. The van der Waals surface area contributed by atoms with Crippen molar-refractivity contribution in [3.8, 4) is 0 Å². The lowest BCUT2D eigenvalue weighted by Gasteiger charge is -2.13. The quantitative estimate of drug-likeness (QED) is 0.450. The molecule has 0 saturated carbocycles. The molecule has 9 nitrogen and oxygen atoms in total. The molecule has 0 amide bonds. The fraction of sp³-hybridized carbons (Fsp3) is 0.364. The second-order valence-corrected chi connectivity index (χ2v) is 6.02. The summed E-state index contributed by atoms with van der Waals surface area (Å²) in [5.74, 6) is -1.90. The Labute approximate surface area is 120 Å². The molecule has 10 heteroatoms. The maximum absolute atomic E-state index is 11.9. The summed E-state index contributed by atoms with van der Waals surface area (Å²) < 4.78 is 26.0. The Bertz CT molecular complexity index is 612. The second-order valence-electron chi connectivity index (χ2n) is 4.25. The lowest BCUT2D eigenvalue weighted by Crippen LogP contribution is -2.32. The predicted octanol–water partition coefficient (Wildman–Crippen LogP) is -0.0437. The van der Waals surface area contributed by atoms with Gasteiger partial charge in [0.15, 0.2) is 0 Å². The molecular formula is C11H14N2O7S. The number of nitrogens with one attached hydrogen (secondary N) is 1. The number of nitro groups is 1. The summed E-state index contributed by atoms with van der Waals surface area (Å²) in [5, 5.41) is 28.0. The number of carbonyl (C=O) groups is 1. The third-order valence-electron chi connectivity index (χ3n) is 2.64. The highest BCUT2D eigenvalue weighted by Crippen LogP contribution is 2.16. The molecule has 116 valence electrons. The highest BCUT2D eigenvalue weighted by atomic mass is 32.2. The monoisotopic (exact) mass is 318 g/mol. The van der Waals surface area contributed by atoms with Crippen LogP contribution in [0.15, 0.2) is 29.2 Å². The van der Waals surface area contributed by atoms with Crippen LogP contribution in [0.2, 0.25) is 0 Å². The summed E-state index contributed by atoms with van der Waals surface area (Å²) in [5.41, 5.74) is -0.243. The van der Waals surface area contributed by atoms with Crippen LogP contribution in [0.3, 0.4) is 0 Å². The molecule has 1 atom stereocenters. The van der Waals surface area contributed by atoms with E-state index in [1.807, 2.05) is 0 Å². The SMILES string of the molecule is O=C(O)CC(CO)CNS(=O)(=O)c1ccc([N+](=O)[O-])cc1. The highest BCUT2D eigenvalue weighted by Gasteiger charge is 2.19. The summed E-state index contributed by atoms with van der Waals surface area (Å²) in [6.45, 7) is -0.725. The number of nitrogens with zero attached hydrogens (tertiary/aromatic N) is 1. The summed E-state index contributed by atoms with van der Waals surface area (Å²) in [6, 6.07) is 4.25. The molecule has 1 rings (SSSR count). The van der Waals surface area contributed by atoms with Gasteiger partial charge in [0.1, 0.15) is 0 Å². The van der Waals surface area contributed by atoms with Gasteiger partial charge in [-0.15, -0.1) is 0 Å². The average molecular weight is 318 g/mol. The van der Waals surface area contributed by atoms with Crippen LogP contribution in [0.5, 0.6) is 0 Å². The molecule has 0 saturated heterocycles. The molecule has 0 heterocycles. The van der Waals surface area contributed by atoms with Gasteiger partial charge in [-0.1, -0.05) is 0 Å². The first-order valence-electron chi connectivity index (χ1n) is 5.83. The first kappa shape index (κ1) is 17.0. The zero-order chi connectivity index (χ0) is 16.0. The molecule has 1 aromatic rings. The highest BCUT2D eigenvalue weighted by molar-refractivity contribution is 7.89. The third-order valence-corrected chi connectivity index (χ3v) is 4.08. The first-order valence-corrected chi connectivity index (χ1v) is 7.31. The number of aliphatic hydroxyl groups excluding tert-OH is 1. The minimum absolute atomic E-state index is 0.180. The van der Waals surface area contributed by atoms with Gasteiger partial charge in [-0.25, -0.2) is 13.1 Å². The van der Waals surface area contributed by atoms with Crippen molar-refractivity contribution in [1.82, 2.24) is 4.72 Å². The van der Waals surface area contributed by atoms with Crippen molar-refractivity contribution in [3.63, 3.8) is 0 Å². The molecular weight excluding hydrogens is 304 g/mol. The first-order chi connectivity index (χ1) is 9.76. The van der Waals surface area contributed by atoms with E-state index in [9.17, 15) is 23.3 Å². The van der Waals surface area contributed by atoms with Crippen molar-refractivity contribution in [1.29, 1.82) is 0 Å². The van der Waals surface area contributed by atoms with Crippen molar-refractivity contribution in [2.75, 3.05) is 13.2 Å². The number of hydrogen-bond donors (Lipinski definition) is 3. The largest absolute Gasteiger partial charge is 0.481 e. The van der Waals surface area contributed by atoms with E-state index in [1.165, 1.54) is 0 Å². The summed E-state index contributed by atoms with van der Waals surface area (Å²) >= 11 is 0. The lowest BCUT2D eigenvalue weighted by molar-refractivity contribution is -0.384. The van der Waals surface area contributed by atoms with E-state index in [4.69, 9.17) is 10.2 Å². The Kier molecular flexibility index (Phi) is 5.76. The molecule has 0 aromatic heterocycles. The van der Waals surface area contributed by atoms with Crippen LogP contribution < -0.4 is 4.72 Å². The van der Waals surface area contributed by atoms with Gasteiger partial charge >= 0.3 is 5.97 Å². The van der Waals surface area contributed by atoms with Crippen LogP contribution in [0.25, 0.3) is 0 Å². The number of aliphatic carboxylic acids is 1. The number of hydrogen-bond acceptors (Lipinski definition) is 6. The molecule has 0 spiro atoms. The van der Waals surface area contributed by atoms with Crippen LogP contribution in [-0.2, 0) is 14.8 Å². The fourth-order valence-electron chi connectivity index (χ4n) is 1.51. The minimum Gasteiger partial charge on any atom is -0.481 e. The van der Waals surface area contributed by atoms with Gasteiger partial charge in [0.2, 0.25) is 10.0 Å². The number of sulfonamides is 1. The molecule has 0 aliphatic heterocycles. The Hall–Kier alpha value is -2.04. The van der Waals surface area contributed by atoms with Crippen molar-refractivity contribution in [3.05, 3.63) is 34.4 Å². The molecule has 0 aliphatic rings. The Morgan fingerprint density at radius 3 is 2.33 bits per heavy atom. The molecule has 1 unspecified atom stereocenters. The number of rotatable bonds is 8. The van der Waals surface area contributed by atoms with Gasteiger partial charge < -0.3 is 10.2 Å². The Balaban J connectivity index is 2.76. The summed E-state index contributed by atoms with van der Waals surface area (Å²) in [4.78, 5) is 20.2. The van der Waals surface area contributed by atoms with Crippen LogP contribution in [0, 0.1) is 16.0 Å². The van der Waals surface area contributed by atoms with Gasteiger partial charge in [-0.2, -0.15) is 0 Å². The number of carboxylic acid groups (broad SMARTS) is 1. The van der Waals surface area contributed by atoms with Crippen LogP contribution >= 0.6 is 0 Å². The van der Waals surface area contributed by atoms with Gasteiger partial charge in [-0.3, -0.25) is 14.9 Å². The van der Waals surface area contributed by atoms with Crippen molar-refractivity contribution < 1.29 is 28.3 Å². The van der Waals surface area contributed by atoms with Gasteiger partial charge in [0, 0.05) is 31.2 Å². The molecule has 0 aliphatic carbocycles. The molecule has 0 fully saturated rings. The van der Waals surface area contributed by atoms with Crippen molar-refractivity contribution >= 4 is 21.7 Å².